The molecular weight excluding hydrogens is 637 g/mol. The third-order valence-corrected chi connectivity index (χ3v) is 8.42. The maximum atomic E-state index is 13.8. The van der Waals surface area contributed by atoms with Gasteiger partial charge in [-0.2, -0.15) is 0 Å². The van der Waals surface area contributed by atoms with E-state index in [0.717, 1.165) is 26.2 Å². The molecule has 0 aliphatic rings. The van der Waals surface area contributed by atoms with Gasteiger partial charge in [0.15, 0.2) is 0 Å². The summed E-state index contributed by atoms with van der Waals surface area (Å²) in [6, 6.07) is 20.9. The number of anilines is 1. The van der Waals surface area contributed by atoms with E-state index in [-0.39, 0.29) is 48.5 Å². The molecule has 2 amide bonds. The molecule has 0 radical (unpaired) electrons. The van der Waals surface area contributed by atoms with Crippen LogP contribution in [0.5, 0.6) is 0 Å². The first-order valence-corrected chi connectivity index (χ1v) is 16.2. The van der Waals surface area contributed by atoms with E-state index in [1.54, 1.807) is 11.0 Å². The van der Waals surface area contributed by atoms with Crippen molar-refractivity contribution in [2.45, 2.75) is 38.8 Å². The molecule has 0 fully saturated rings. The third-order valence-electron chi connectivity index (χ3n) is 6.19. The smallest absolute Gasteiger partial charge is 0.243 e. The highest BCUT2D eigenvalue weighted by Gasteiger charge is 2.30. The minimum atomic E-state index is -3.71. The normalized spacial score (nSPS) is 12.0. The Morgan fingerprint density at radius 2 is 1.68 bits per heavy atom. The molecule has 0 saturated carbocycles. The maximum Gasteiger partial charge on any atom is 0.243 e. The molecule has 11 heteroatoms. The van der Waals surface area contributed by atoms with Crippen molar-refractivity contribution in [1.82, 2.24) is 10.2 Å². The summed E-state index contributed by atoms with van der Waals surface area (Å²) in [5, 5.41) is 3.44. The summed E-state index contributed by atoms with van der Waals surface area (Å²) in [6.07, 6.45) is 1.64. The van der Waals surface area contributed by atoms with E-state index in [9.17, 15) is 18.0 Å². The van der Waals surface area contributed by atoms with Crippen LogP contribution in [0.2, 0.25) is 10.0 Å². The number of halogens is 3. The Morgan fingerprint density at radius 1 is 0.975 bits per heavy atom. The van der Waals surface area contributed by atoms with Gasteiger partial charge in [0, 0.05) is 42.0 Å². The third kappa shape index (κ3) is 9.23. The molecule has 0 aromatic heterocycles. The van der Waals surface area contributed by atoms with Crippen LogP contribution >= 0.6 is 39.1 Å². The lowest BCUT2D eigenvalue weighted by Crippen LogP contribution is -2.50. The van der Waals surface area contributed by atoms with Gasteiger partial charge in [0.1, 0.15) is 6.04 Å². The van der Waals surface area contributed by atoms with Gasteiger partial charge in [0.05, 0.1) is 17.0 Å². The quantitative estimate of drug-likeness (QED) is 0.239. The Kier molecular flexibility index (Phi) is 11.9. The van der Waals surface area contributed by atoms with Crippen molar-refractivity contribution < 1.29 is 18.0 Å². The summed E-state index contributed by atoms with van der Waals surface area (Å²) in [7, 11) is -3.71. The fraction of sp³-hybridized carbons (Fsp3) is 0.310. The lowest BCUT2D eigenvalue weighted by atomic mass is 10.0. The number of rotatable bonds is 13. The molecule has 0 unspecified atom stereocenters. The van der Waals surface area contributed by atoms with Crippen LogP contribution in [0.3, 0.4) is 0 Å². The highest BCUT2D eigenvalue weighted by atomic mass is 79.9. The van der Waals surface area contributed by atoms with Crippen LogP contribution in [0.25, 0.3) is 0 Å². The van der Waals surface area contributed by atoms with E-state index in [1.807, 2.05) is 61.5 Å². The Labute approximate surface area is 254 Å². The molecular formula is C29H32BrCl2N3O4S. The fourth-order valence-corrected chi connectivity index (χ4v) is 6.19. The van der Waals surface area contributed by atoms with E-state index in [4.69, 9.17) is 23.2 Å². The van der Waals surface area contributed by atoms with E-state index < -0.39 is 16.1 Å². The van der Waals surface area contributed by atoms with Crippen molar-refractivity contribution in [1.29, 1.82) is 0 Å². The lowest BCUT2D eigenvalue weighted by Gasteiger charge is -2.32. The predicted molar refractivity (Wildman–Crippen MR) is 165 cm³/mol. The second kappa shape index (κ2) is 14.9. The van der Waals surface area contributed by atoms with Crippen molar-refractivity contribution in [2.75, 3.05) is 23.7 Å². The molecule has 3 aromatic rings. The van der Waals surface area contributed by atoms with E-state index in [2.05, 4.69) is 21.2 Å². The molecule has 0 aliphatic carbocycles. The van der Waals surface area contributed by atoms with Crippen molar-refractivity contribution >= 4 is 66.7 Å². The molecule has 7 nitrogen and oxygen atoms in total. The van der Waals surface area contributed by atoms with Gasteiger partial charge in [-0.05, 0) is 54.8 Å². The zero-order valence-corrected chi connectivity index (χ0v) is 26.2. The van der Waals surface area contributed by atoms with Gasteiger partial charge in [-0.3, -0.25) is 13.9 Å². The number of hydrogen-bond acceptors (Lipinski definition) is 4. The van der Waals surface area contributed by atoms with Crippen LogP contribution in [0.1, 0.15) is 30.9 Å². The first kappa shape index (κ1) is 31.9. The molecule has 0 spiro atoms. The Hall–Kier alpha value is -2.59. The first-order valence-electron chi connectivity index (χ1n) is 12.8. The molecule has 0 heterocycles. The second-order valence-corrected chi connectivity index (χ2v) is 13.0. The first-order chi connectivity index (χ1) is 19.0. The maximum absolute atomic E-state index is 13.8. The molecule has 1 N–H and O–H groups in total. The lowest BCUT2D eigenvalue weighted by molar-refractivity contribution is -0.141. The second-order valence-electron chi connectivity index (χ2n) is 9.29. The van der Waals surface area contributed by atoms with Gasteiger partial charge >= 0.3 is 0 Å². The molecule has 0 bridgehead atoms. The SMILES string of the molecule is CCNC(=O)[C@H](Cc1ccccc1)N(Cc1cccc(Br)c1)C(=O)CCCN(c1cc(Cl)ccc1Cl)S(C)(=O)=O. The van der Waals surface area contributed by atoms with Crippen LogP contribution in [-0.2, 0) is 32.6 Å². The number of amides is 2. The highest BCUT2D eigenvalue weighted by Crippen LogP contribution is 2.31. The van der Waals surface area contributed by atoms with Gasteiger partial charge < -0.3 is 10.2 Å². The van der Waals surface area contributed by atoms with E-state index in [1.165, 1.54) is 12.1 Å². The monoisotopic (exact) mass is 667 g/mol. The minimum Gasteiger partial charge on any atom is -0.355 e. The van der Waals surface area contributed by atoms with Crippen LogP contribution < -0.4 is 9.62 Å². The predicted octanol–water partition coefficient (Wildman–Crippen LogP) is 6.08. The van der Waals surface area contributed by atoms with Crippen molar-refractivity contribution in [3.8, 4) is 0 Å². The molecule has 0 saturated heterocycles. The summed E-state index contributed by atoms with van der Waals surface area (Å²) in [6.45, 7) is 2.48. The number of carbonyl (C=O) groups excluding carboxylic acids is 2. The average molecular weight is 669 g/mol. The molecule has 3 aromatic carbocycles. The largest absolute Gasteiger partial charge is 0.355 e. The van der Waals surface area contributed by atoms with Crippen molar-refractivity contribution in [3.05, 3.63) is 98.4 Å². The Morgan fingerprint density at radius 3 is 2.33 bits per heavy atom. The van der Waals surface area contributed by atoms with Gasteiger partial charge in [0.2, 0.25) is 21.8 Å². The van der Waals surface area contributed by atoms with E-state index >= 15 is 0 Å². The minimum absolute atomic E-state index is 0.0138. The highest BCUT2D eigenvalue weighted by molar-refractivity contribution is 9.10. The number of benzene rings is 3. The summed E-state index contributed by atoms with van der Waals surface area (Å²) in [5.74, 6) is -0.518. The van der Waals surface area contributed by atoms with Crippen LogP contribution in [0, 0.1) is 0 Å². The number of nitrogens with zero attached hydrogens (tertiary/aromatic N) is 2. The number of hydrogen-bond donors (Lipinski definition) is 1. The molecule has 40 heavy (non-hydrogen) atoms. The number of sulfonamides is 1. The molecule has 3 rings (SSSR count). The molecule has 214 valence electrons. The summed E-state index contributed by atoms with van der Waals surface area (Å²) >= 11 is 15.9. The zero-order valence-electron chi connectivity index (χ0n) is 22.3. The Bertz CT molecular complexity index is 1420. The van der Waals surface area contributed by atoms with Crippen LogP contribution in [-0.4, -0.2) is 50.5 Å². The number of carbonyl (C=O) groups is 2. The van der Waals surface area contributed by atoms with Crippen LogP contribution in [0.4, 0.5) is 5.69 Å². The Balaban J connectivity index is 1.88. The van der Waals surface area contributed by atoms with Gasteiger partial charge in [0.25, 0.3) is 0 Å². The summed E-state index contributed by atoms with van der Waals surface area (Å²) < 4.78 is 27.3. The van der Waals surface area contributed by atoms with Gasteiger partial charge in [-0.15, -0.1) is 0 Å². The fourth-order valence-electron chi connectivity index (χ4n) is 4.34. The number of nitrogens with one attached hydrogen (secondary N) is 1. The van der Waals surface area contributed by atoms with Gasteiger partial charge in [-0.1, -0.05) is 81.6 Å². The van der Waals surface area contributed by atoms with E-state index in [0.29, 0.717) is 18.0 Å². The standard InChI is InChI=1S/C29H32BrCl2N3O4S/c1-3-33-29(37)27(18-21-9-5-4-6-10-21)34(20-22-11-7-12-23(30)17-22)28(36)13-8-16-35(40(2,38)39)26-19-24(31)14-15-25(26)32/h4-7,9-12,14-15,17,19,27H,3,8,13,16,18,20H2,1-2H3,(H,33,37)/t27-/m0/s1. The zero-order chi connectivity index (χ0) is 29.3. The van der Waals surface area contributed by atoms with Gasteiger partial charge in [-0.25, -0.2) is 8.42 Å². The summed E-state index contributed by atoms with van der Waals surface area (Å²) in [4.78, 5) is 28.7. The van der Waals surface area contributed by atoms with Crippen molar-refractivity contribution in [2.24, 2.45) is 0 Å². The average Bonchev–Trinajstić information content (AvgIpc) is 2.90. The molecule has 1 atom stereocenters. The van der Waals surface area contributed by atoms with Crippen molar-refractivity contribution in [3.63, 3.8) is 0 Å². The number of likely N-dealkylation sites (N-methyl/N-ethyl adjacent to an activating group) is 1. The van der Waals surface area contributed by atoms with Crippen LogP contribution in [0.15, 0.2) is 77.3 Å². The topological polar surface area (TPSA) is 86.8 Å². The summed E-state index contributed by atoms with van der Waals surface area (Å²) in [5.41, 5.74) is 2.03. The molecule has 0 aliphatic heterocycles.